The number of thiophene rings is 1. The summed E-state index contributed by atoms with van der Waals surface area (Å²) in [5, 5.41) is 13.1. The quantitative estimate of drug-likeness (QED) is 0.181. The van der Waals surface area contributed by atoms with Gasteiger partial charge in [0.05, 0.1) is 0 Å². The van der Waals surface area contributed by atoms with Crippen molar-refractivity contribution >= 4 is 74.6 Å². The highest BCUT2D eigenvalue weighted by atomic mass is 32.1. The molecule has 0 aliphatic rings. The fraction of sp³-hybridized carbons (Fsp3) is 0. The molecular weight excluding hydrogens is 561 g/mol. The molecule has 0 saturated heterocycles. The zero-order valence-electron chi connectivity index (χ0n) is 24.4. The van der Waals surface area contributed by atoms with Gasteiger partial charge in [-0.2, -0.15) is 0 Å². The Morgan fingerprint density at radius 3 is 1.84 bits per heavy atom. The Morgan fingerprint density at radius 1 is 0.289 bits per heavy atom. The van der Waals surface area contributed by atoms with Gasteiger partial charge in [-0.25, -0.2) is 0 Å². The Bertz CT molecular complexity index is 2750. The first-order valence-electron chi connectivity index (χ1n) is 15.5. The van der Waals surface area contributed by atoms with Crippen LogP contribution in [0.1, 0.15) is 0 Å². The van der Waals surface area contributed by atoms with Gasteiger partial charge in [-0.15, -0.1) is 11.3 Å². The maximum Gasteiger partial charge on any atom is 0.0367 e. The largest absolute Gasteiger partial charge is 0.135 e. The van der Waals surface area contributed by atoms with E-state index in [1.165, 1.54) is 96.6 Å². The van der Waals surface area contributed by atoms with Crippen molar-refractivity contribution in [2.75, 3.05) is 0 Å². The van der Waals surface area contributed by atoms with Gasteiger partial charge < -0.3 is 0 Å². The number of fused-ring (bicyclic) bond motifs is 4. The highest BCUT2D eigenvalue weighted by Crippen LogP contribution is 2.46. The molecule has 208 valence electrons. The molecule has 0 aliphatic carbocycles. The van der Waals surface area contributed by atoms with E-state index in [1.54, 1.807) is 0 Å². The molecule has 0 bridgehead atoms. The normalized spacial score (nSPS) is 12.0. The number of rotatable bonds is 3. The molecule has 0 radical (unpaired) electrons. The molecule has 0 fully saturated rings. The summed E-state index contributed by atoms with van der Waals surface area (Å²) in [7, 11) is 0. The zero-order valence-corrected chi connectivity index (χ0v) is 25.2. The van der Waals surface area contributed by atoms with Crippen LogP contribution in [0.15, 0.2) is 158 Å². The van der Waals surface area contributed by atoms with Crippen molar-refractivity contribution < 1.29 is 0 Å². The molecule has 0 aliphatic heterocycles. The molecule has 10 rings (SSSR count). The monoisotopic (exact) mass is 586 g/mol. The van der Waals surface area contributed by atoms with E-state index in [2.05, 4.69) is 158 Å². The predicted octanol–water partition coefficient (Wildman–Crippen LogP) is 13.1. The smallest absolute Gasteiger partial charge is 0.0367 e. The summed E-state index contributed by atoms with van der Waals surface area (Å²) in [4.78, 5) is 0. The zero-order chi connectivity index (χ0) is 29.5. The van der Waals surface area contributed by atoms with Crippen LogP contribution in [-0.2, 0) is 0 Å². The Kier molecular flexibility index (Phi) is 5.25. The van der Waals surface area contributed by atoms with Crippen molar-refractivity contribution in [1.82, 2.24) is 0 Å². The van der Waals surface area contributed by atoms with Crippen LogP contribution in [0.2, 0.25) is 0 Å². The Hall–Kier alpha value is -5.50. The first-order chi connectivity index (χ1) is 22.3. The lowest BCUT2D eigenvalue weighted by atomic mass is 9.90. The van der Waals surface area contributed by atoms with Crippen LogP contribution in [-0.4, -0.2) is 0 Å². The molecule has 1 heterocycles. The molecule has 0 spiro atoms. The van der Waals surface area contributed by atoms with E-state index in [0.717, 1.165) is 0 Å². The fourth-order valence-electron chi connectivity index (χ4n) is 7.46. The van der Waals surface area contributed by atoms with Gasteiger partial charge >= 0.3 is 0 Å². The molecule has 0 saturated carbocycles. The molecule has 0 atom stereocenters. The van der Waals surface area contributed by atoms with E-state index in [1.807, 2.05) is 11.3 Å². The average molecular weight is 587 g/mol. The van der Waals surface area contributed by atoms with Gasteiger partial charge in [0.25, 0.3) is 0 Å². The average Bonchev–Trinajstić information content (AvgIpc) is 3.49. The van der Waals surface area contributed by atoms with E-state index >= 15 is 0 Å². The Morgan fingerprint density at radius 2 is 0.978 bits per heavy atom. The van der Waals surface area contributed by atoms with Crippen molar-refractivity contribution in [2.45, 2.75) is 0 Å². The molecule has 0 N–H and O–H groups in total. The van der Waals surface area contributed by atoms with Gasteiger partial charge in [-0.1, -0.05) is 121 Å². The first kappa shape index (κ1) is 24.9. The molecule has 10 aromatic rings. The summed E-state index contributed by atoms with van der Waals surface area (Å²) in [6, 6.07) is 58.5. The van der Waals surface area contributed by atoms with Crippen LogP contribution in [0.3, 0.4) is 0 Å². The minimum absolute atomic E-state index is 1.25. The molecule has 0 amide bonds. The van der Waals surface area contributed by atoms with Gasteiger partial charge in [0.15, 0.2) is 0 Å². The van der Waals surface area contributed by atoms with Crippen LogP contribution in [0, 0.1) is 0 Å². The van der Waals surface area contributed by atoms with Crippen LogP contribution in [0.5, 0.6) is 0 Å². The number of hydrogen-bond donors (Lipinski definition) is 0. The van der Waals surface area contributed by atoms with E-state index in [-0.39, 0.29) is 0 Å². The lowest BCUT2D eigenvalue weighted by Crippen LogP contribution is -1.87. The lowest BCUT2D eigenvalue weighted by molar-refractivity contribution is 1.66. The Labute approximate surface area is 264 Å². The second-order valence-electron chi connectivity index (χ2n) is 12.1. The number of hydrogen-bond acceptors (Lipinski definition) is 1. The van der Waals surface area contributed by atoms with E-state index in [9.17, 15) is 0 Å². The molecule has 0 unspecified atom stereocenters. The Balaban J connectivity index is 1.13. The number of benzene rings is 9. The molecule has 45 heavy (non-hydrogen) atoms. The second-order valence-corrected chi connectivity index (χ2v) is 13.2. The van der Waals surface area contributed by atoms with Crippen molar-refractivity contribution in [3.8, 4) is 33.4 Å². The van der Waals surface area contributed by atoms with E-state index in [0.29, 0.717) is 0 Å². The van der Waals surface area contributed by atoms with Crippen molar-refractivity contribution in [1.29, 1.82) is 0 Å². The van der Waals surface area contributed by atoms with Gasteiger partial charge in [0.2, 0.25) is 0 Å². The molecule has 1 heteroatoms. The first-order valence-corrected chi connectivity index (χ1v) is 16.3. The molecule has 1 aromatic heterocycles. The summed E-state index contributed by atoms with van der Waals surface area (Å²) in [6.07, 6.45) is 0. The third-order valence-corrected chi connectivity index (χ3v) is 10.7. The summed E-state index contributed by atoms with van der Waals surface area (Å²) >= 11 is 1.91. The minimum Gasteiger partial charge on any atom is -0.135 e. The van der Waals surface area contributed by atoms with Crippen LogP contribution < -0.4 is 0 Å². The van der Waals surface area contributed by atoms with Gasteiger partial charge in [0.1, 0.15) is 0 Å². The lowest BCUT2D eigenvalue weighted by Gasteiger charge is -2.13. The maximum atomic E-state index is 2.42. The third kappa shape index (κ3) is 3.78. The van der Waals surface area contributed by atoms with Crippen LogP contribution in [0.25, 0.3) is 96.6 Å². The summed E-state index contributed by atoms with van der Waals surface area (Å²) in [6.45, 7) is 0. The van der Waals surface area contributed by atoms with Gasteiger partial charge in [-0.05, 0) is 113 Å². The molecular formula is C44H26S. The van der Waals surface area contributed by atoms with Crippen molar-refractivity contribution in [3.63, 3.8) is 0 Å². The predicted molar refractivity (Wildman–Crippen MR) is 197 cm³/mol. The second kappa shape index (κ2) is 9.50. The van der Waals surface area contributed by atoms with Crippen molar-refractivity contribution in [2.24, 2.45) is 0 Å². The summed E-state index contributed by atoms with van der Waals surface area (Å²) in [5.41, 5.74) is 7.62. The minimum atomic E-state index is 1.25. The SMILES string of the molecule is c1ccc(-c2cc3cc(-c4ccc5cc(-c6cccc7c6ccc6ccccc67)ccc5c4)c4cccc5sc(c2)c3c54)cc1. The van der Waals surface area contributed by atoms with E-state index in [4.69, 9.17) is 0 Å². The highest BCUT2D eigenvalue weighted by Gasteiger charge is 2.17. The molecule has 9 aromatic carbocycles. The third-order valence-electron chi connectivity index (χ3n) is 9.57. The van der Waals surface area contributed by atoms with Gasteiger partial charge in [-0.3, -0.25) is 0 Å². The summed E-state index contributed by atoms with van der Waals surface area (Å²) in [5.74, 6) is 0. The van der Waals surface area contributed by atoms with E-state index < -0.39 is 0 Å². The van der Waals surface area contributed by atoms with Gasteiger partial charge in [0, 0.05) is 20.2 Å². The topological polar surface area (TPSA) is 0 Å². The fourth-order valence-corrected chi connectivity index (χ4v) is 8.66. The summed E-state index contributed by atoms with van der Waals surface area (Å²) < 4.78 is 2.71. The maximum absolute atomic E-state index is 2.42. The van der Waals surface area contributed by atoms with Crippen LogP contribution >= 0.6 is 11.3 Å². The van der Waals surface area contributed by atoms with Crippen LogP contribution in [0.4, 0.5) is 0 Å². The standard InChI is InChI=1S/C44H26S/c1-2-8-27(9-3-1)33-24-34-25-40(39-14-7-15-41-44(39)43(34)42(26-33)45-41)32-19-17-29-22-31(18-16-30(29)23-32)36-12-6-13-37-35-11-5-4-10-28(35)20-21-38(36)37/h1-26H. The molecule has 0 nitrogen and oxygen atoms in total. The van der Waals surface area contributed by atoms with Crippen molar-refractivity contribution in [3.05, 3.63) is 158 Å². The highest BCUT2D eigenvalue weighted by molar-refractivity contribution is 7.26.